The molecule has 2 aromatic rings. The van der Waals surface area contributed by atoms with Gasteiger partial charge in [-0.15, -0.1) is 0 Å². The summed E-state index contributed by atoms with van der Waals surface area (Å²) in [6, 6.07) is 4.39. The fourth-order valence-electron chi connectivity index (χ4n) is 1.64. The van der Waals surface area contributed by atoms with E-state index in [4.69, 9.17) is 0 Å². The topological polar surface area (TPSA) is 46.2 Å². The van der Waals surface area contributed by atoms with Gasteiger partial charge >= 0.3 is 0 Å². The highest BCUT2D eigenvalue weighted by Gasteiger charge is 2.21. The lowest BCUT2D eigenvalue weighted by Crippen LogP contribution is -2.16. The van der Waals surface area contributed by atoms with Crippen LogP contribution in [0.4, 0.5) is 18.9 Å². The average molecular weight is 380 g/mol. The quantitative estimate of drug-likeness (QED) is 0.876. The first-order valence-corrected chi connectivity index (χ1v) is 7.92. The Morgan fingerprint density at radius 1 is 1.05 bits per heavy atom. The molecule has 0 saturated heterocycles. The summed E-state index contributed by atoms with van der Waals surface area (Å²) in [7, 11) is -4.37. The van der Waals surface area contributed by atoms with Gasteiger partial charge in [-0.25, -0.2) is 21.6 Å². The summed E-state index contributed by atoms with van der Waals surface area (Å²) in [5.74, 6) is -2.67. The van der Waals surface area contributed by atoms with E-state index in [0.29, 0.717) is 17.7 Å². The van der Waals surface area contributed by atoms with Crippen LogP contribution >= 0.6 is 15.9 Å². The fourth-order valence-corrected chi connectivity index (χ4v) is 3.31. The molecular formula is C13H9BrF3NO2S. The van der Waals surface area contributed by atoms with Crippen LogP contribution in [0.5, 0.6) is 0 Å². The number of anilines is 1. The molecule has 0 spiro atoms. The third kappa shape index (κ3) is 3.38. The van der Waals surface area contributed by atoms with Gasteiger partial charge in [-0.1, -0.05) is 0 Å². The van der Waals surface area contributed by atoms with Crippen LogP contribution in [0.15, 0.2) is 39.7 Å². The highest BCUT2D eigenvalue weighted by Crippen LogP contribution is 2.26. The number of benzene rings is 2. The Morgan fingerprint density at radius 3 is 2.38 bits per heavy atom. The molecule has 0 bridgehead atoms. The number of nitrogens with one attached hydrogen (secondary N) is 1. The zero-order chi connectivity index (χ0) is 15.8. The van der Waals surface area contributed by atoms with Crippen molar-refractivity contribution in [1.29, 1.82) is 0 Å². The van der Waals surface area contributed by atoms with Crippen LogP contribution in [0.3, 0.4) is 0 Å². The van der Waals surface area contributed by atoms with E-state index in [1.165, 1.54) is 6.07 Å². The van der Waals surface area contributed by atoms with E-state index in [1.54, 1.807) is 6.92 Å². The summed E-state index contributed by atoms with van der Waals surface area (Å²) < 4.78 is 66.4. The molecule has 1 N–H and O–H groups in total. The van der Waals surface area contributed by atoms with E-state index in [1.807, 2.05) is 4.72 Å². The van der Waals surface area contributed by atoms with Crippen molar-refractivity contribution in [2.24, 2.45) is 0 Å². The molecule has 0 saturated carbocycles. The van der Waals surface area contributed by atoms with Crippen LogP contribution in [0.1, 0.15) is 5.56 Å². The number of rotatable bonds is 3. The molecule has 0 aromatic heterocycles. The monoisotopic (exact) mass is 379 g/mol. The first-order chi connectivity index (χ1) is 9.70. The molecule has 0 fully saturated rings. The minimum absolute atomic E-state index is 0.0561. The summed E-state index contributed by atoms with van der Waals surface area (Å²) in [4.78, 5) is -0.842. The van der Waals surface area contributed by atoms with Crippen molar-refractivity contribution < 1.29 is 21.6 Å². The molecular weight excluding hydrogens is 371 g/mol. The largest absolute Gasteiger partial charge is 0.279 e. The van der Waals surface area contributed by atoms with E-state index in [-0.39, 0.29) is 10.2 Å². The Labute approximate surface area is 128 Å². The minimum atomic E-state index is -4.37. The summed E-state index contributed by atoms with van der Waals surface area (Å²) in [6.07, 6.45) is 0. The van der Waals surface area contributed by atoms with Crippen molar-refractivity contribution >= 4 is 31.6 Å². The highest BCUT2D eigenvalue weighted by atomic mass is 79.9. The average Bonchev–Trinajstić information content (AvgIpc) is 2.38. The number of aryl methyl sites for hydroxylation is 1. The second kappa shape index (κ2) is 5.69. The van der Waals surface area contributed by atoms with E-state index in [9.17, 15) is 21.6 Å². The van der Waals surface area contributed by atoms with Gasteiger partial charge in [0, 0.05) is 0 Å². The molecule has 3 nitrogen and oxygen atoms in total. The number of hydrogen-bond donors (Lipinski definition) is 1. The van der Waals surface area contributed by atoms with Gasteiger partial charge < -0.3 is 0 Å². The van der Waals surface area contributed by atoms with Gasteiger partial charge in [0.05, 0.1) is 10.2 Å². The van der Waals surface area contributed by atoms with Gasteiger partial charge in [-0.05, 0) is 58.7 Å². The molecule has 8 heteroatoms. The van der Waals surface area contributed by atoms with Crippen molar-refractivity contribution in [2.45, 2.75) is 11.8 Å². The smallest absolute Gasteiger partial charge is 0.264 e. The predicted molar refractivity (Wildman–Crippen MR) is 76.0 cm³/mol. The molecule has 0 atom stereocenters. The maximum atomic E-state index is 13.5. The number of sulfonamides is 1. The van der Waals surface area contributed by atoms with Gasteiger partial charge in [0.25, 0.3) is 10.0 Å². The summed E-state index contributed by atoms with van der Waals surface area (Å²) in [6.45, 7) is 1.55. The Bertz CT molecular complexity index is 809. The van der Waals surface area contributed by atoms with E-state index < -0.39 is 32.4 Å². The number of halogens is 4. The van der Waals surface area contributed by atoms with Crippen LogP contribution < -0.4 is 4.72 Å². The molecule has 2 aromatic carbocycles. The van der Waals surface area contributed by atoms with E-state index >= 15 is 0 Å². The molecule has 0 radical (unpaired) electrons. The number of hydrogen-bond acceptors (Lipinski definition) is 2. The maximum absolute atomic E-state index is 13.5. The zero-order valence-corrected chi connectivity index (χ0v) is 13.0. The Balaban J connectivity index is 2.47. The maximum Gasteiger partial charge on any atom is 0.264 e. The second-order valence-electron chi connectivity index (χ2n) is 4.26. The lowest BCUT2D eigenvalue weighted by atomic mass is 10.2. The van der Waals surface area contributed by atoms with Crippen molar-refractivity contribution in [3.8, 4) is 0 Å². The lowest BCUT2D eigenvalue weighted by molar-refractivity contribution is 0.555. The van der Waals surface area contributed by atoms with Crippen LogP contribution in [0.2, 0.25) is 0 Å². The highest BCUT2D eigenvalue weighted by molar-refractivity contribution is 9.10. The van der Waals surface area contributed by atoms with Gasteiger partial charge in [0.2, 0.25) is 0 Å². The van der Waals surface area contributed by atoms with Gasteiger partial charge in [-0.3, -0.25) is 4.72 Å². The molecule has 0 aliphatic rings. The predicted octanol–water partition coefficient (Wildman–Crippen LogP) is 3.98. The summed E-state index contributed by atoms with van der Waals surface area (Å²) in [5.41, 5.74) is 0.364. The van der Waals surface area contributed by atoms with Crippen molar-refractivity contribution in [1.82, 2.24) is 0 Å². The normalized spacial score (nSPS) is 11.5. The Hall–Kier alpha value is -1.54. The zero-order valence-electron chi connectivity index (χ0n) is 10.6. The van der Waals surface area contributed by atoms with Gasteiger partial charge in [0.15, 0.2) is 0 Å². The SMILES string of the molecule is Cc1cc(Br)c(F)cc1NS(=O)(=O)c1cc(F)ccc1F. The van der Waals surface area contributed by atoms with Gasteiger partial charge in [-0.2, -0.15) is 0 Å². The third-order valence-electron chi connectivity index (χ3n) is 2.69. The van der Waals surface area contributed by atoms with Crippen LogP contribution in [0, 0.1) is 24.4 Å². The molecule has 112 valence electrons. The van der Waals surface area contributed by atoms with Gasteiger partial charge in [0.1, 0.15) is 22.3 Å². The van der Waals surface area contributed by atoms with E-state index in [2.05, 4.69) is 15.9 Å². The van der Waals surface area contributed by atoms with Crippen LogP contribution in [0.25, 0.3) is 0 Å². The second-order valence-corrected chi connectivity index (χ2v) is 6.77. The third-order valence-corrected chi connectivity index (χ3v) is 4.68. The Morgan fingerprint density at radius 2 is 1.71 bits per heavy atom. The first kappa shape index (κ1) is 15.8. The molecule has 21 heavy (non-hydrogen) atoms. The lowest BCUT2D eigenvalue weighted by Gasteiger charge is -2.12. The molecule has 0 heterocycles. The Kier molecular flexibility index (Phi) is 4.29. The first-order valence-electron chi connectivity index (χ1n) is 5.64. The summed E-state index contributed by atoms with van der Waals surface area (Å²) >= 11 is 2.96. The summed E-state index contributed by atoms with van der Waals surface area (Å²) in [5, 5.41) is 0. The standard InChI is InChI=1S/C13H9BrF3NO2S/c1-7-4-9(14)11(17)6-12(7)18-21(19,20)13-5-8(15)2-3-10(13)16/h2-6,18H,1H3. The fraction of sp³-hybridized carbons (Fsp3) is 0.0769. The molecule has 0 amide bonds. The molecule has 0 aliphatic carbocycles. The van der Waals surface area contributed by atoms with Crippen molar-refractivity contribution in [3.63, 3.8) is 0 Å². The van der Waals surface area contributed by atoms with Crippen molar-refractivity contribution in [2.75, 3.05) is 4.72 Å². The van der Waals surface area contributed by atoms with Crippen LogP contribution in [-0.4, -0.2) is 8.42 Å². The van der Waals surface area contributed by atoms with E-state index in [0.717, 1.165) is 12.1 Å². The molecule has 0 unspecified atom stereocenters. The molecule has 0 aliphatic heterocycles. The van der Waals surface area contributed by atoms with Crippen molar-refractivity contribution in [3.05, 3.63) is 57.8 Å². The van der Waals surface area contributed by atoms with Crippen LogP contribution in [-0.2, 0) is 10.0 Å². The minimum Gasteiger partial charge on any atom is -0.279 e. The molecule has 2 rings (SSSR count).